The Kier molecular flexibility index (Phi) is 4.04. The van der Waals surface area contributed by atoms with Gasteiger partial charge in [-0.05, 0) is 49.2 Å². The van der Waals surface area contributed by atoms with Crippen LogP contribution in [0.15, 0.2) is 57.8 Å². The zero-order valence-corrected chi connectivity index (χ0v) is 13.1. The molecule has 0 saturated carbocycles. The number of hydrogen-bond donors (Lipinski definition) is 1. The molecule has 1 heterocycles. The van der Waals surface area contributed by atoms with E-state index in [0.717, 1.165) is 22.5 Å². The van der Waals surface area contributed by atoms with Gasteiger partial charge in [0.2, 0.25) is 0 Å². The summed E-state index contributed by atoms with van der Waals surface area (Å²) in [6.07, 6.45) is 0. The van der Waals surface area contributed by atoms with Gasteiger partial charge in [0.25, 0.3) is 0 Å². The molecule has 1 atom stereocenters. The standard InChI is InChI=1S/C18H19NOS/c1-12-7-8-15(9-13(12)2)21-11-16(19)18-10-14-5-3-4-6-17(14)20-18/h3-10,16H,11,19H2,1-2H3. The minimum Gasteiger partial charge on any atom is -0.459 e. The quantitative estimate of drug-likeness (QED) is 0.700. The van der Waals surface area contributed by atoms with Gasteiger partial charge in [-0.1, -0.05) is 24.3 Å². The van der Waals surface area contributed by atoms with Crippen molar-refractivity contribution < 1.29 is 4.42 Å². The van der Waals surface area contributed by atoms with Crippen molar-refractivity contribution in [2.45, 2.75) is 24.8 Å². The van der Waals surface area contributed by atoms with Crippen LogP contribution >= 0.6 is 11.8 Å². The number of hydrogen-bond acceptors (Lipinski definition) is 3. The summed E-state index contributed by atoms with van der Waals surface area (Å²) in [5.41, 5.74) is 9.80. The number of thioether (sulfide) groups is 1. The van der Waals surface area contributed by atoms with Crippen molar-refractivity contribution in [1.29, 1.82) is 0 Å². The van der Waals surface area contributed by atoms with Crippen LogP contribution in [0.2, 0.25) is 0 Å². The van der Waals surface area contributed by atoms with E-state index >= 15 is 0 Å². The van der Waals surface area contributed by atoms with E-state index in [1.54, 1.807) is 11.8 Å². The van der Waals surface area contributed by atoms with Crippen LogP contribution in [0, 0.1) is 13.8 Å². The fourth-order valence-corrected chi connectivity index (χ4v) is 3.22. The average Bonchev–Trinajstić information content (AvgIpc) is 2.92. The molecule has 0 amide bonds. The number of nitrogens with two attached hydrogens (primary N) is 1. The molecule has 1 aromatic heterocycles. The van der Waals surface area contributed by atoms with Gasteiger partial charge in [0.15, 0.2) is 0 Å². The molecule has 2 nitrogen and oxygen atoms in total. The van der Waals surface area contributed by atoms with E-state index in [-0.39, 0.29) is 6.04 Å². The van der Waals surface area contributed by atoms with E-state index in [2.05, 4.69) is 32.0 Å². The molecule has 0 bridgehead atoms. The lowest BCUT2D eigenvalue weighted by atomic mass is 10.1. The summed E-state index contributed by atoms with van der Waals surface area (Å²) in [7, 11) is 0. The molecule has 108 valence electrons. The van der Waals surface area contributed by atoms with E-state index in [4.69, 9.17) is 10.2 Å². The maximum atomic E-state index is 6.26. The van der Waals surface area contributed by atoms with Gasteiger partial charge in [0, 0.05) is 16.0 Å². The molecule has 21 heavy (non-hydrogen) atoms. The molecule has 0 aliphatic heterocycles. The Morgan fingerprint density at radius 2 is 1.86 bits per heavy atom. The molecule has 0 aliphatic rings. The van der Waals surface area contributed by atoms with Gasteiger partial charge in [-0.15, -0.1) is 11.8 Å². The average molecular weight is 297 g/mol. The van der Waals surface area contributed by atoms with Gasteiger partial charge in [-0.25, -0.2) is 0 Å². The molecule has 3 rings (SSSR count). The summed E-state index contributed by atoms with van der Waals surface area (Å²) in [5.74, 6) is 1.66. The monoisotopic (exact) mass is 297 g/mol. The first-order valence-electron chi connectivity index (χ1n) is 7.07. The van der Waals surface area contributed by atoms with Gasteiger partial charge in [0.05, 0.1) is 6.04 Å². The number of furan rings is 1. The lowest BCUT2D eigenvalue weighted by Gasteiger charge is -2.09. The molecule has 0 spiro atoms. The van der Waals surface area contributed by atoms with Crippen LogP contribution in [0.3, 0.4) is 0 Å². The SMILES string of the molecule is Cc1ccc(SCC(N)c2cc3ccccc3o2)cc1C. The normalized spacial score (nSPS) is 12.7. The van der Waals surface area contributed by atoms with Gasteiger partial charge >= 0.3 is 0 Å². The summed E-state index contributed by atoms with van der Waals surface area (Å²) < 4.78 is 5.82. The smallest absolute Gasteiger partial charge is 0.134 e. The molecular weight excluding hydrogens is 278 g/mol. The van der Waals surface area contributed by atoms with Crippen LogP contribution in [0.25, 0.3) is 11.0 Å². The van der Waals surface area contributed by atoms with E-state index < -0.39 is 0 Å². The summed E-state index contributed by atoms with van der Waals surface area (Å²) >= 11 is 1.77. The van der Waals surface area contributed by atoms with Gasteiger partial charge in [0.1, 0.15) is 11.3 Å². The van der Waals surface area contributed by atoms with Crippen molar-refractivity contribution in [3.8, 4) is 0 Å². The topological polar surface area (TPSA) is 39.2 Å². The third-order valence-corrected chi connectivity index (χ3v) is 4.83. The molecule has 1 unspecified atom stereocenters. The zero-order valence-electron chi connectivity index (χ0n) is 12.3. The maximum Gasteiger partial charge on any atom is 0.134 e. The highest BCUT2D eigenvalue weighted by Gasteiger charge is 2.12. The Morgan fingerprint density at radius 3 is 2.62 bits per heavy atom. The molecule has 0 radical (unpaired) electrons. The van der Waals surface area contributed by atoms with Crippen molar-refractivity contribution >= 4 is 22.7 Å². The van der Waals surface area contributed by atoms with Crippen LogP contribution in [0.1, 0.15) is 22.9 Å². The van der Waals surface area contributed by atoms with Crippen LogP contribution in [-0.2, 0) is 0 Å². The number of fused-ring (bicyclic) bond motifs is 1. The van der Waals surface area contributed by atoms with Crippen LogP contribution < -0.4 is 5.73 Å². The highest BCUT2D eigenvalue weighted by Crippen LogP contribution is 2.28. The first-order chi connectivity index (χ1) is 10.1. The summed E-state index contributed by atoms with van der Waals surface area (Å²) in [6, 6.07) is 16.5. The number of para-hydroxylation sites is 1. The van der Waals surface area contributed by atoms with Crippen LogP contribution in [-0.4, -0.2) is 5.75 Å². The van der Waals surface area contributed by atoms with Gasteiger partial charge < -0.3 is 10.2 Å². The van der Waals surface area contributed by atoms with E-state index in [9.17, 15) is 0 Å². The van der Waals surface area contributed by atoms with Crippen molar-refractivity contribution in [2.75, 3.05) is 5.75 Å². The first kappa shape index (κ1) is 14.2. The highest BCUT2D eigenvalue weighted by atomic mass is 32.2. The lowest BCUT2D eigenvalue weighted by molar-refractivity contribution is 0.516. The van der Waals surface area contributed by atoms with Crippen molar-refractivity contribution in [1.82, 2.24) is 0 Å². The molecular formula is C18H19NOS. The second-order valence-corrected chi connectivity index (χ2v) is 6.44. The van der Waals surface area contributed by atoms with E-state index in [1.165, 1.54) is 16.0 Å². The fraction of sp³-hybridized carbons (Fsp3) is 0.222. The zero-order chi connectivity index (χ0) is 14.8. The molecule has 2 N–H and O–H groups in total. The molecule has 0 saturated heterocycles. The van der Waals surface area contributed by atoms with Crippen LogP contribution in [0.5, 0.6) is 0 Å². The third kappa shape index (κ3) is 3.14. The Hall–Kier alpha value is -1.71. The Balaban J connectivity index is 1.70. The lowest BCUT2D eigenvalue weighted by Crippen LogP contribution is -2.11. The number of aryl methyl sites for hydroxylation is 2. The van der Waals surface area contributed by atoms with Crippen molar-refractivity contribution in [2.24, 2.45) is 5.73 Å². The third-order valence-electron chi connectivity index (χ3n) is 3.72. The van der Waals surface area contributed by atoms with E-state index in [1.807, 2.05) is 30.3 Å². The summed E-state index contributed by atoms with van der Waals surface area (Å²) in [4.78, 5) is 1.25. The summed E-state index contributed by atoms with van der Waals surface area (Å²) in [5, 5.41) is 1.11. The number of benzene rings is 2. The maximum absolute atomic E-state index is 6.26. The Labute approximate surface area is 129 Å². The number of rotatable bonds is 4. The van der Waals surface area contributed by atoms with E-state index in [0.29, 0.717) is 0 Å². The van der Waals surface area contributed by atoms with Crippen LogP contribution in [0.4, 0.5) is 0 Å². The predicted octanol–water partition coefficient (Wildman–Crippen LogP) is 4.84. The largest absolute Gasteiger partial charge is 0.459 e. The fourth-order valence-electron chi connectivity index (χ4n) is 2.26. The minimum atomic E-state index is -0.0935. The predicted molar refractivity (Wildman–Crippen MR) is 89.8 cm³/mol. The Morgan fingerprint density at radius 1 is 1.05 bits per heavy atom. The van der Waals surface area contributed by atoms with Gasteiger partial charge in [-0.2, -0.15) is 0 Å². The van der Waals surface area contributed by atoms with Crippen molar-refractivity contribution in [3.05, 3.63) is 65.4 Å². The molecule has 3 aromatic rings. The highest BCUT2D eigenvalue weighted by molar-refractivity contribution is 7.99. The minimum absolute atomic E-state index is 0.0935. The Bertz CT molecular complexity index is 730. The molecule has 0 aliphatic carbocycles. The summed E-state index contributed by atoms with van der Waals surface area (Å²) in [6.45, 7) is 4.27. The first-order valence-corrected chi connectivity index (χ1v) is 8.06. The molecule has 2 aromatic carbocycles. The molecule has 0 fully saturated rings. The van der Waals surface area contributed by atoms with Crippen molar-refractivity contribution in [3.63, 3.8) is 0 Å². The molecule has 3 heteroatoms. The van der Waals surface area contributed by atoms with Gasteiger partial charge in [-0.3, -0.25) is 0 Å². The second kappa shape index (κ2) is 5.96. The second-order valence-electron chi connectivity index (χ2n) is 5.35.